The van der Waals surface area contributed by atoms with Gasteiger partial charge in [0.1, 0.15) is 0 Å². The molecule has 0 atom stereocenters. The Morgan fingerprint density at radius 3 is 2.76 bits per heavy atom. The maximum atomic E-state index is 6.01. The van der Waals surface area contributed by atoms with E-state index < -0.39 is 0 Å². The van der Waals surface area contributed by atoms with E-state index in [2.05, 4.69) is 20.8 Å². The molecule has 0 aromatic heterocycles. The minimum absolute atomic E-state index is 0.381. The maximum Gasteiger partial charge on any atom is 0.212 e. The Bertz CT molecular complexity index is 485. The van der Waals surface area contributed by atoms with E-state index in [1.54, 1.807) is 12.1 Å². The summed E-state index contributed by atoms with van der Waals surface area (Å²) in [6.45, 7) is 1.56. The zero-order chi connectivity index (χ0) is 12.3. The van der Waals surface area contributed by atoms with Gasteiger partial charge in [0.25, 0.3) is 0 Å². The standard InChI is InChI=1S/C10H9Cl3N4/c11-7-1-2-8(12)9(13)6(7)5-16-17-10-14-3-4-15-10/h1-2,5H,3-4H2,(H2,14,15,17)/b16-5+. The largest absolute Gasteiger partial charge is 0.353 e. The van der Waals surface area contributed by atoms with Gasteiger partial charge in [0, 0.05) is 12.1 Å². The van der Waals surface area contributed by atoms with Crippen LogP contribution in [-0.2, 0) is 0 Å². The van der Waals surface area contributed by atoms with E-state index in [-0.39, 0.29) is 0 Å². The van der Waals surface area contributed by atoms with Crippen molar-refractivity contribution in [1.29, 1.82) is 0 Å². The zero-order valence-corrected chi connectivity index (χ0v) is 10.9. The number of hydrazone groups is 1. The lowest BCUT2D eigenvalue weighted by molar-refractivity contribution is 0.920. The molecule has 90 valence electrons. The van der Waals surface area contributed by atoms with Crippen molar-refractivity contribution in [3.05, 3.63) is 32.8 Å². The third-order valence-corrected chi connectivity index (χ3v) is 3.27. The van der Waals surface area contributed by atoms with Crippen LogP contribution >= 0.6 is 34.8 Å². The third-order valence-electron chi connectivity index (χ3n) is 2.12. The predicted octanol–water partition coefficient (Wildman–Crippen LogP) is 2.53. The fraction of sp³-hybridized carbons (Fsp3) is 0.200. The van der Waals surface area contributed by atoms with E-state index >= 15 is 0 Å². The minimum atomic E-state index is 0.381. The molecule has 0 bridgehead atoms. The Kier molecular flexibility index (Phi) is 4.10. The van der Waals surface area contributed by atoms with Gasteiger partial charge < -0.3 is 5.32 Å². The second-order valence-electron chi connectivity index (χ2n) is 3.28. The molecule has 1 heterocycles. The summed E-state index contributed by atoms with van der Waals surface area (Å²) >= 11 is 17.9. The molecule has 0 saturated carbocycles. The lowest BCUT2D eigenvalue weighted by atomic mass is 10.2. The van der Waals surface area contributed by atoms with Crippen molar-refractivity contribution in [2.45, 2.75) is 0 Å². The molecule has 1 aromatic carbocycles. The van der Waals surface area contributed by atoms with Crippen molar-refractivity contribution in [2.75, 3.05) is 13.1 Å². The smallest absolute Gasteiger partial charge is 0.212 e. The molecular weight excluding hydrogens is 282 g/mol. The first-order valence-corrected chi connectivity index (χ1v) is 6.03. The average Bonchev–Trinajstić information content (AvgIpc) is 2.81. The first-order chi connectivity index (χ1) is 8.18. The summed E-state index contributed by atoms with van der Waals surface area (Å²) in [6, 6.07) is 3.31. The van der Waals surface area contributed by atoms with Crippen LogP contribution in [0.15, 0.2) is 22.2 Å². The van der Waals surface area contributed by atoms with E-state index in [9.17, 15) is 0 Å². The van der Waals surface area contributed by atoms with E-state index in [0.717, 1.165) is 13.1 Å². The molecule has 17 heavy (non-hydrogen) atoms. The number of benzene rings is 1. The molecule has 2 N–H and O–H groups in total. The van der Waals surface area contributed by atoms with Crippen molar-refractivity contribution in [1.82, 2.24) is 10.7 Å². The van der Waals surface area contributed by atoms with Crippen molar-refractivity contribution >= 4 is 47.0 Å². The molecule has 0 fully saturated rings. The molecular formula is C10H9Cl3N4. The first kappa shape index (κ1) is 12.5. The van der Waals surface area contributed by atoms with Crippen LogP contribution < -0.4 is 10.7 Å². The van der Waals surface area contributed by atoms with Crippen LogP contribution in [-0.4, -0.2) is 25.3 Å². The van der Waals surface area contributed by atoms with E-state index in [0.29, 0.717) is 26.6 Å². The summed E-state index contributed by atoms with van der Waals surface area (Å²) < 4.78 is 0. The van der Waals surface area contributed by atoms with Gasteiger partial charge in [-0.2, -0.15) is 5.10 Å². The lowest BCUT2D eigenvalue weighted by Crippen LogP contribution is -2.30. The van der Waals surface area contributed by atoms with Crippen LogP contribution in [0.5, 0.6) is 0 Å². The van der Waals surface area contributed by atoms with Crippen molar-refractivity contribution in [3.8, 4) is 0 Å². The van der Waals surface area contributed by atoms with Crippen molar-refractivity contribution in [2.24, 2.45) is 10.1 Å². The van der Waals surface area contributed by atoms with E-state index in [1.165, 1.54) is 6.21 Å². The average molecular weight is 292 g/mol. The zero-order valence-electron chi connectivity index (χ0n) is 8.67. The van der Waals surface area contributed by atoms with Gasteiger partial charge in [-0.05, 0) is 12.1 Å². The summed E-state index contributed by atoms with van der Waals surface area (Å²) in [5.41, 5.74) is 3.33. The Hall–Kier alpha value is -0.970. The van der Waals surface area contributed by atoms with Crippen LogP contribution in [0.2, 0.25) is 15.1 Å². The maximum absolute atomic E-state index is 6.01. The summed E-state index contributed by atoms with van der Waals surface area (Å²) in [5, 5.41) is 8.32. The second-order valence-corrected chi connectivity index (χ2v) is 4.48. The van der Waals surface area contributed by atoms with Crippen LogP contribution in [0.4, 0.5) is 0 Å². The summed E-state index contributed by atoms with van der Waals surface area (Å²) in [5.74, 6) is 0.635. The monoisotopic (exact) mass is 290 g/mol. The summed E-state index contributed by atoms with van der Waals surface area (Å²) in [4.78, 5) is 4.12. The SMILES string of the molecule is Clc1ccc(Cl)c(/C=N/NC2=NCCN2)c1Cl. The van der Waals surface area contributed by atoms with Crippen LogP contribution in [0.1, 0.15) is 5.56 Å². The summed E-state index contributed by atoms with van der Waals surface area (Å²) in [7, 11) is 0. The molecule has 0 spiro atoms. The third kappa shape index (κ3) is 3.03. The highest BCUT2D eigenvalue weighted by molar-refractivity contribution is 6.45. The normalized spacial score (nSPS) is 14.9. The predicted molar refractivity (Wildman–Crippen MR) is 72.5 cm³/mol. The molecule has 0 aliphatic carbocycles. The molecule has 1 aromatic rings. The molecule has 1 aliphatic heterocycles. The highest BCUT2D eigenvalue weighted by Gasteiger charge is 2.07. The van der Waals surface area contributed by atoms with Gasteiger partial charge in [0.15, 0.2) is 0 Å². The quantitative estimate of drug-likeness (QED) is 0.500. The number of hydrogen-bond donors (Lipinski definition) is 2. The molecule has 2 rings (SSSR count). The van der Waals surface area contributed by atoms with Gasteiger partial charge in [-0.15, -0.1) is 0 Å². The van der Waals surface area contributed by atoms with Gasteiger partial charge >= 0.3 is 0 Å². The van der Waals surface area contributed by atoms with Crippen molar-refractivity contribution < 1.29 is 0 Å². The molecule has 1 aliphatic rings. The fourth-order valence-corrected chi connectivity index (χ4v) is 1.92. The first-order valence-electron chi connectivity index (χ1n) is 4.89. The number of nitrogens with one attached hydrogen (secondary N) is 2. The number of hydrogen-bond acceptors (Lipinski definition) is 4. The van der Waals surface area contributed by atoms with Crippen LogP contribution in [0.3, 0.4) is 0 Å². The Balaban J connectivity index is 2.12. The van der Waals surface area contributed by atoms with Crippen molar-refractivity contribution in [3.63, 3.8) is 0 Å². The van der Waals surface area contributed by atoms with Gasteiger partial charge in [-0.25, -0.2) is 10.4 Å². The minimum Gasteiger partial charge on any atom is -0.353 e. The number of halogens is 3. The van der Waals surface area contributed by atoms with Crippen LogP contribution in [0.25, 0.3) is 0 Å². The van der Waals surface area contributed by atoms with Gasteiger partial charge in [-0.1, -0.05) is 34.8 Å². The van der Waals surface area contributed by atoms with Gasteiger partial charge in [-0.3, -0.25) is 0 Å². The Morgan fingerprint density at radius 1 is 1.29 bits per heavy atom. The Labute approximate surface area is 114 Å². The van der Waals surface area contributed by atoms with E-state index in [1.807, 2.05) is 0 Å². The highest BCUT2D eigenvalue weighted by atomic mass is 35.5. The number of aliphatic imine (C=N–C) groups is 1. The lowest BCUT2D eigenvalue weighted by Gasteiger charge is -2.03. The second kappa shape index (κ2) is 5.58. The summed E-state index contributed by atoms with van der Waals surface area (Å²) in [6.07, 6.45) is 1.51. The molecule has 7 heteroatoms. The number of rotatable bonds is 2. The highest BCUT2D eigenvalue weighted by Crippen LogP contribution is 2.29. The number of nitrogens with zero attached hydrogens (tertiary/aromatic N) is 2. The molecule has 0 saturated heterocycles. The van der Waals surface area contributed by atoms with E-state index in [4.69, 9.17) is 34.8 Å². The molecule has 4 nitrogen and oxygen atoms in total. The Morgan fingerprint density at radius 2 is 2.06 bits per heavy atom. The number of guanidine groups is 1. The van der Waals surface area contributed by atoms with Gasteiger partial charge in [0.05, 0.1) is 27.8 Å². The van der Waals surface area contributed by atoms with Crippen LogP contribution in [0, 0.1) is 0 Å². The molecule has 0 amide bonds. The topological polar surface area (TPSA) is 48.8 Å². The molecule has 0 unspecified atom stereocenters. The molecule has 0 radical (unpaired) electrons. The van der Waals surface area contributed by atoms with Gasteiger partial charge in [0.2, 0.25) is 5.96 Å². The fourth-order valence-electron chi connectivity index (χ4n) is 1.29.